The van der Waals surface area contributed by atoms with Gasteiger partial charge in [-0.3, -0.25) is 14.9 Å². The number of non-ortho nitro benzene ring substituents is 1. The first-order valence-corrected chi connectivity index (χ1v) is 7.19. The Morgan fingerprint density at radius 2 is 1.83 bits per heavy atom. The van der Waals surface area contributed by atoms with Crippen LogP contribution < -0.4 is 34.9 Å². The number of nitrogens with zero attached hydrogens (tertiary/aromatic N) is 3. The van der Waals surface area contributed by atoms with E-state index < -0.39 is 10.8 Å². The number of aromatic nitrogens is 2. The normalized spacial score (nSPS) is 15.8. The number of nitro groups is 1. The number of nitrogens with one attached hydrogen (secondary N) is 1. The molecule has 9 heteroatoms. The number of rotatable bonds is 2. The molecule has 2 heterocycles. The SMILES string of the molecule is O=C1Nc2ccccc2C1c1ccc([N+](=O)[O-])c2nsnc12.[Na+]. The summed E-state index contributed by atoms with van der Waals surface area (Å²) < 4.78 is 8.17. The number of amides is 1. The number of hydrogen-bond donors (Lipinski definition) is 1. The third-order valence-electron chi connectivity index (χ3n) is 3.72. The largest absolute Gasteiger partial charge is 1.00 e. The van der Waals surface area contributed by atoms with Gasteiger partial charge in [-0.2, -0.15) is 8.75 Å². The summed E-state index contributed by atoms with van der Waals surface area (Å²) in [5.41, 5.74) is 2.78. The van der Waals surface area contributed by atoms with Crippen molar-refractivity contribution in [3.05, 3.63) is 57.6 Å². The second-order valence-corrected chi connectivity index (χ2v) is 5.43. The maximum Gasteiger partial charge on any atom is 1.00 e. The number of hydrogen-bond acceptors (Lipinski definition) is 6. The van der Waals surface area contributed by atoms with Crippen LogP contribution in [0, 0.1) is 10.1 Å². The molecule has 4 rings (SSSR count). The van der Waals surface area contributed by atoms with Crippen LogP contribution >= 0.6 is 11.7 Å². The topological polar surface area (TPSA) is 98.0 Å². The van der Waals surface area contributed by atoms with Crippen LogP contribution in [-0.4, -0.2) is 19.6 Å². The van der Waals surface area contributed by atoms with E-state index in [-0.39, 0.29) is 46.7 Å². The first-order chi connectivity index (χ1) is 10.7. The molecule has 1 aliphatic heterocycles. The average molecular weight is 335 g/mol. The molecule has 3 aromatic rings. The molecule has 1 N–H and O–H groups in total. The maximum atomic E-state index is 12.3. The fourth-order valence-electron chi connectivity index (χ4n) is 2.77. The van der Waals surface area contributed by atoms with Crippen LogP contribution in [0.2, 0.25) is 0 Å². The average Bonchev–Trinajstić information content (AvgIpc) is 3.09. The third-order valence-corrected chi connectivity index (χ3v) is 4.25. The van der Waals surface area contributed by atoms with Crippen LogP contribution in [0.15, 0.2) is 36.4 Å². The van der Waals surface area contributed by atoms with Gasteiger partial charge in [-0.1, -0.05) is 18.2 Å². The molecule has 7 nitrogen and oxygen atoms in total. The third kappa shape index (κ3) is 2.43. The molecule has 0 fully saturated rings. The molecular formula is C14H8N4NaO3S+. The molecule has 108 valence electrons. The Bertz CT molecular complexity index is 943. The van der Waals surface area contributed by atoms with Crippen LogP contribution in [0.25, 0.3) is 11.0 Å². The number of carbonyl (C=O) groups is 1. The molecule has 0 saturated heterocycles. The predicted octanol–water partition coefficient (Wildman–Crippen LogP) is -0.313. The molecular weight excluding hydrogens is 327 g/mol. The molecule has 1 unspecified atom stereocenters. The van der Waals surface area contributed by atoms with Gasteiger partial charge in [0, 0.05) is 11.8 Å². The summed E-state index contributed by atoms with van der Waals surface area (Å²) in [5, 5.41) is 13.9. The van der Waals surface area contributed by atoms with Gasteiger partial charge in [-0.15, -0.1) is 0 Å². The standard InChI is InChI=1S/C14H8N4O3S.Na/c19-14-11(7-3-1-2-4-9(7)15-14)8-5-6-10(18(20)21)13-12(8)16-22-17-13;/h1-6,11H,(H,15,19);/q;+1. The Morgan fingerprint density at radius 1 is 1.09 bits per heavy atom. The van der Waals surface area contributed by atoms with Gasteiger partial charge < -0.3 is 5.32 Å². The molecule has 0 radical (unpaired) electrons. The van der Waals surface area contributed by atoms with Crippen molar-refractivity contribution in [2.24, 2.45) is 0 Å². The zero-order chi connectivity index (χ0) is 15.3. The van der Waals surface area contributed by atoms with Crippen molar-refractivity contribution >= 4 is 40.0 Å². The summed E-state index contributed by atoms with van der Waals surface area (Å²) in [5.74, 6) is -0.687. The van der Waals surface area contributed by atoms with E-state index in [0.29, 0.717) is 11.1 Å². The number of nitro benzene ring substituents is 1. The Kier molecular flexibility index (Phi) is 4.15. The Morgan fingerprint density at radius 3 is 2.61 bits per heavy atom. The molecule has 23 heavy (non-hydrogen) atoms. The molecule has 1 aromatic heterocycles. The second kappa shape index (κ2) is 5.97. The van der Waals surface area contributed by atoms with Crippen molar-refractivity contribution in [2.45, 2.75) is 5.92 Å². The fraction of sp³-hybridized carbons (Fsp3) is 0.0714. The zero-order valence-electron chi connectivity index (χ0n) is 12.0. The van der Waals surface area contributed by atoms with Crippen molar-refractivity contribution in [2.75, 3.05) is 5.32 Å². The van der Waals surface area contributed by atoms with Crippen molar-refractivity contribution in [1.82, 2.24) is 8.75 Å². The summed E-state index contributed by atoms with van der Waals surface area (Å²) in [6, 6.07) is 10.4. The van der Waals surface area contributed by atoms with Gasteiger partial charge >= 0.3 is 29.6 Å². The molecule has 0 aliphatic carbocycles. The minimum Gasteiger partial charge on any atom is -0.325 e. The van der Waals surface area contributed by atoms with E-state index in [2.05, 4.69) is 14.1 Å². The van der Waals surface area contributed by atoms with E-state index in [1.165, 1.54) is 6.07 Å². The Balaban J connectivity index is 0.00000156. The molecule has 2 aromatic carbocycles. The van der Waals surface area contributed by atoms with E-state index in [4.69, 9.17) is 0 Å². The van der Waals surface area contributed by atoms with Gasteiger partial charge in [0.2, 0.25) is 5.91 Å². The summed E-state index contributed by atoms with van der Waals surface area (Å²) in [6.07, 6.45) is 0. The van der Waals surface area contributed by atoms with E-state index in [1.54, 1.807) is 6.07 Å². The predicted molar refractivity (Wildman–Crippen MR) is 81.0 cm³/mol. The summed E-state index contributed by atoms with van der Waals surface area (Å²) in [4.78, 5) is 22.9. The molecule has 0 spiro atoms. The van der Waals surface area contributed by atoms with Gasteiger partial charge in [0.15, 0.2) is 5.52 Å². The Hall–Kier alpha value is -1.87. The summed E-state index contributed by atoms with van der Waals surface area (Å²) in [7, 11) is 0. The van der Waals surface area contributed by atoms with Crippen LogP contribution in [0.3, 0.4) is 0 Å². The van der Waals surface area contributed by atoms with Crippen molar-refractivity contribution < 1.29 is 39.3 Å². The minimum absolute atomic E-state index is 0. The van der Waals surface area contributed by atoms with Crippen LogP contribution in [0.5, 0.6) is 0 Å². The van der Waals surface area contributed by atoms with Crippen LogP contribution in [0.1, 0.15) is 17.0 Å². The van der Waals surface area contributed by atoms with Gasteiger partial charge in [0.1, 0.15) is 5.52 Å². The van der Waals surface area contributed by atoms with E-state index in [0.717, 1.165) is 23.0 Å². The minimum atomic E-state index is -0.525. The van der Waals surface area contributed by atoms with Gasteiger partial charge in [-0.25, -0.2) is 0 Å². The fourth-order valence-corrected chi connectivity index (χ4v) is 3.35. The quantitative estimate of drug-likeness (QED) is 0.393. The molecule has 1 atom stereocenters. The zero-order valence-corrected chi connectivity index (χ0v) is 14.8. The monoisotopic (exact) mass is 335 g/mol. The summed E-state index contributed by atoms with van der Waals surface area (Å²) in [6.45, 7) is 0. The van der Waals surface area contributed by atoms with Gasteiger partial charge in [0.25, 0.3) is 5.69 Å². The first-order valence-electron chi connectivity index (χ1n) is 6.46. The number of para-hydroxylation sites is 1. The number of anilines is 1. The number of benzene rings is 2. The van der Waals surface area contributed by atoms with E-state index in [9.17, 15) is 14.9 Å². The second-order valence-electron chi connectivity index (χ2n) is 4.90. The van der Waals surface area contributed by atoms with E-state index in [1.807, 2.05) is 24.3 Å². The molecule has 0 bridgehead atoms. The molecule has 1 amide bonds. The Labute approximate surface area is 156 Å². The van der Waals surface area contributed by atoms with Crippen molar-refractivity contribution in [3.8, 4) is 0 Å². The smallest absolute Gasteiger partial charge is 0.325 e. The van der Waals surface area contributed by atoms with Gasteiger partial charge in [-0.05, 0) is 23.3 Å². The maximum absolute atomic E-state index is 12.3. The summed E-state index contributed by atoms with van der Waals surface area (Å²) >= 11 is 0.904. The van der Waals surface area contributed by atoms with Crippen LogP contribution in [-0.2, 0) is 4.79 Å². The number of fused-ring (bicyclic) bond motifs is 2. The van der Waals surface area contributed by atoms with Crippen molar-refractivity contribution in [3.63, 3.8) is 0 Å². The van der Waals surface area contributed by atoms with E-state index >= 15 is 0 Å². The van der Waals surface area contributed by atoms with Gasteiger partial charge in [0.05, 0.1) is 22.6 Å². The first kappa shape index (κ1) is 16.0. The molecule has 1 aliphatic rings. The molecule has 0 saturated carbocycles. The van der Waals surface area contributed by atoms with Crippen LogP contribution in [0.4, 0.5) is 11.4 Å². The van der Waals surface area contributed by atoms with Crippen molar-refractivity contribution in [1.29, 1.82) is 0 Å². The number of carbonyl (C=O) groups excluding carboxylic acids is 1.